The van der Waals surface area contributed by atoms with Crippen LogP contribution in [0.15, 0.2) is 53.0 Å². The number of nitrogens with one attached hydrogen (secondary N) is 1. The zero-order valence-electron chi connectivity index (χ0n) is 12.7. The molecule has 1 N–H and O–H groups in total. The lowest BCUT2D eigenvalue weighted by Gasteiger charge is -2.08. The standard InChI is InChI=1S/C18H19BrFNO2/c19-15-6-3-7-16(13-15)23-12-4-9-18(22)21-11-10-14-5-1-2-8-17(14)20/h1-3,5-8,13H,4,9-12H2,(H,21,22). The molecule has 0 unspecified atom stereocenters. The van der Waals surface area contributed by atoms with Crippen LogP contribution in [-0.4, -0.2) is 19.1 Å². The van der Waals surface area contributed by atoms with Gasteiger partial charge in [0.1, 0.15) is 11.6 Å². The Kier molecular flexibility index (Phi) is 7.07. The van der Waals surface area contributed by atoms with Crippen molar-refractivity contribution >= 4 is 21.8 Å². The van der Waals surface area contributed by atoms with E-state index < -0.39 is 0 Å². The van der Waals surface area contributed by atoms with Crippen LogP contribution in [0.3, 0.4) is 0 Å². The SMILES string of the molecule is O=C(CCCOc1cccc(Br)c1)NCCc1ccccc1F. The molecule has 0 bridgehead atoms. The Morgan fingerprint density at radius 3 is 2.78 bits per heavy atom. The van der Waals surface area contributed by atoms with E-state index in [-0.39, 0.29) is 11.7 Å². The first-order valence-electron chi connectivity index (χ1n) is 7.53. The molecule has 0 aliphatic carbocycles. The third kappa shape index (κ3) is 6.40. The van der Waals surface area contributed by atoms with Gasteiger partial charge < -0.3 is 10.1 Å². The summed E-state index contributed by atoms with van der Waals surface area (Å²) in [6.45, 7) is 0.920. The fraction of sp³-hybridized carbons (Fsp3) is 0.278. The molecule has 2 rings (SSSR count). The van der Waals surface area contributed by atoms with Crippen molar-refractivity contribution < 1.29 is 13.9 Å². The predicted octanol–water partition coefficient (Wildman–Crippen LogP) is 4.11. The van der Waals surface area contributed by atoms with Gasteiger partial charge in [0, 0.05) is 17.4 Å². The second kappa shape index (κ2) is 9.30. The molecule has 0 aliphatic rings. The molecular formula is C18H19BrFNO2. The fourth-order valence-electron chi connectivity index (χ4n) is 2.11. The lowest BCUT2D eigenvalue weighted by atomic mass is 10.1. The first kappa shape index (κ1) is 17.5. The number of hydrogen-bond acceptors (Lipinski definition) is 2. The van der Waals surface area contributed by atoms with Crippen molar-refractivity contribution in [2.45, 2.75) is 19.3 Å². The Morgan fingerprint density at radius 2 is 2.00 bits per heavy atom. The van der Waals surface area contributed by atoms with E-state index in [1.165, 1.54) is 6.07 Å². The molecule has 0 heterocycles. The summed E-state index contributed by atoms with van der Waals surface area (Å²) in [5.74, 6) is 0.502. The fourth-order valence-corrected chi connectivity index (χ4v) is 2.48. The second-order valence-electron chi connectivity index (χ2n) is 5.10. The summed E-state index contributed by atoms with van der Waals surface area (Å²) in [7, 11) is 0. The molecule has 0 saturated heterocycles. The Hall–Kier alpha value is -1.88. The number of hydrogen-bond donors (Lipinski definition) is 1. The minimum absolute atomic E-state index is 0.0424. The monoisotopic (exact) mass is 379 g/mol. The van der Waals surface area contributed by atoms with Gasteiger partial charge in [0.25, 0.3) is 0 Å². The van der Waals surface area contributed by atoms with E-state index >= 15 is 0 Å². The highest BCUT2D eigenvalue weighted by Crippen LogP contribution is 2.17. The lowest BCUT2D eigenvalue weighted by molar-refractivity contribution is -0.121. The Balaban J connectivity index is 1.59. The van der Waals surface area contributed by atoms with Crippen molar-refractivity contribution in [2.75, 3.05) is 13.2 Å². The number of halogens is 2. The quantitative estimate of drug-likeness (QED) is 0.701. The molecule has 0 saturated carbocycles. The molecule has 5 heteroatoms. The predicted molar refractivity (Wildman–Crippen MR) is 92.0 cm³/mol. The van der Waals surface area contributed by atoms with Gasteiger partial charge in [-0.15, -0.1) is 0 Å². The van der Waals surface area contributed by atoms with E-state index in [2.05, 4.69) is 21.2 Å². The minimum atomic E-state index is -0.232. The summed E-state index contributed by atoms with van der Waals surface area (Å²) < 4.78 is 19.9. The molecule has 0 fully saturated rings. The number of ether oxygens (including phenoxy) is 1. The molecule has 2 aromatic rings. The topological polar surface area (TPSA) is 38.3 Å². The Morgan fingerprint density at radius 1 is 1.17 bits per heavy atom. The number of benzene rings is 2. The van der Waals surface area contributed by atoms with Crippen LogP contribution in [0.2, 0.25) is 0 Å². The average molecular weight is 380 g/mol. The highest BCUT2D eigenvalue weighted by Gasteiger charge is 2.04. The molecule has 23 heavy (non-hydrogen) atoms. The van der Waals surface area contributed by atoms with Gasteiger partial charge >= 0.3 is 0 Å². The normalized spacial score (nSPS) is 10.3. The zero-order valence-corrected chi connectivity index (χ0v) is 14.3. The van der Waals surface area contributed by atoms with E-state index in [1.807, 2.05) is 24.3 Å². The van der Waals surface area contributed by atoms with E-state index in [1.54, 1.807) is 18.2 Å². The van der Waals surface area contributed by atoms with Gasteiger partial charge in [0.05, 0.1) is 6.61 Å². The van der Waals surface area contributed by atoms with E-state index in [9.17, 15) is 9.18 Å². The van der Waals surface area contributed by atoms with Crippen molar-refractivity contribution in [1.29, 1.82) is 0 Å². The summed E-state index contributed by atoms with van der Waals surface area (Å²) in [5.41, 5.74) is 0.616. The van der Waals surface area contributed by atoms with Crippen molar-refractivity contribution in [2.24, 2.45) is 0 Å². The summed E-state index contributed by atoms with van der Waals surface area (Å²) in [6.07, 6.45) is 1.52. The van der Waals surface area contributed by atoms with E-state index in [0.717, 1.165) is 10.2 Å². The molecular weight excluding hydrogens is 361 g/mol. The van der Waals surface area contributed by atoms with Gasteiger partial charge in [-0.25, -0.2) is 4.39 Å². The van der Waals surface area contributed by atoms with Crippen LogP contribution in [0.4, 0.5) is 4.39 Å². The Labute approximate surface area is 144 Å². The highest BCUT2D eigenvalue weighted by atomic mass is 79.9. The van der Waals surface area contributed by atoms with Crippen LogP contribution in [0, 0.1) is 5.82 Å². The van der Waals surface area contributed by atoms with Crippen molar-refractivity contribution in [1.82, 2.24) is 5.32 Å². The second-order valence-corrected chi connectivity index (χ2v) is 6.02. The van der Waals surface area contributed by atoms with Crippen LogP contribution in [0.1, 0.15) is 18.4 Å². The molecule has 0 radical (unpaired) electrons. The first-order chi connectivity index (χ1) is 11.1. The third-order valence-electron chi connectivity index (χ3n) is 3.29. The van der Waals surface area contributed by atoms with Gasteiger partial charge in [0.2, 0.25) is 5.91 Å². The first-order valence-corrected chi connectivity index (χ1v) is 8.33. The van der Waals surface area contributed by atoms with Crippen molar-refractivity contribution in [3.63, 3.8) is 0 Å². The number of amides is 1. The van der Waals surface area contributed by atoms with Gasteiger partial charge in [-0.3, -0.25) is 4.79 Å². The van der Waals surface area contributed by atoms with Crippen molar-refractivity contribution in [3.05, 3.63) is 64.4 Å². The number of carbonyl (C=O) groups is 1. The van der Waals surface area contributed by atoms with Gasteiger partial charge in [-0.2, -0.15) is 0 Å². The van der Waals surface area contributed by atoms with Crippen LogP contribution in [-0.2, 0) is 11.2 Å². The highest BCUT2D eigenvalue weighted by molar-refractivity contribution is 9.10. The summed E-state index contributed by atoms with van der Waals surface area (Å²) in [6, 6.07) is 14.2. The minimum Gasteiger partial charge on any atom is -0.494 e. The molecule has 3 nitrogen and oxygen atoms in total. The van der Waals surface area contributed by atoms with E-state index in [0.29, 0.717) is 38.0 Å². The molecule has 0 aliphatic heterocycles. The molecule has 2 aromatic carbocycles. The van der Waals surface area contributed by atoms with Crippen LogP contribution in [0.25, 0.3) is 0 Å². The van der Waals surface area contributed by atoms with Crippen LogP contribution >= 0.6 is 15.9 Å². The third-order valence-corrected chi connectivity index (χ3v) is 3.78. The van der Waals surface area contributed by atoms with Crippen LogP contribution in [0.5, 0.6) is 5.75 Å². The smallest absolute Gasteiger partial charge is 0.220 e. The largest absolute Gasteiger partial charge is 0.494 e. The average Bonchev–Trinajstić information content (AvgIpc) is 2.53. The maximum Gasteiger partial charge on any atom is 0.220 e. The van der Waals surface area contributed by atoms with Gasteiger partial charge in [-0.1, -0.05) is 40.2 Å². The maximum atomic E-state index is 13.4. The van der Waals surface area contributed by atoms with Gasteiger partial charge in [0.15, 0.2) is 0 Å². The number of rotatable bonds is 8. The molecule has 122 valence electrons. The van der Waals surface area contributed by atoms with E-state index in [4.69, 9.17) is 4.74 Å². The van der Waals surface area contributed by atoms with Gasteiger partial charge in [-0.05, 0) is 42.7 Å². The lowest BCUT2D eigenvalue weighted by Crippen LogP contribution is -2.26. The maximum absolute atomic E-state index is 13.4. The molecule has 0 aromatic heterocycles. The molecule has 0 atom stereocenters. The summed E-state index contributed by atoms with van der Waals surface area (Å²) >= 11 is 3.38. The number of carbonyl (C=O) groups excluding carboxylic acids is 1. The molecule has 0 spiro atoms. The zero-order chi connectivity index (χ0) is 16.5. The summed E-state index contributed by atoms with van der Waals surface area (Å²) in [5, 5.41) is 2.80. The summed E-state index contributed by atoms with van der Waals surface area (Å²) in [4.78, 5) is 11.7. The Bertz CT molecular complexity index is 648. The van der Waals surface area contributed by atoms with Crippen molar-refractivity contribution in [3.8, 4) is 5.75 Å². The van der Waals surface area contributed by atoms with Crippen LogP contribution < -0.4 is 10.1 Å². The molecule has 1 amide bonds.